The van der Waals surface area contributed by atoms with Gasteiger partial charge in [-0.3, -0.25) is 19.2 Å². The average molecular weight is 222 g/mol. The Bertz CT molecular complexity index is 653. The molecule has 0 aliphatic heterocycles. The zero-order valence-electron chi connectivity index (χ0n) is 9.09. The lowest BCUT2D eigenvalue weighted by Crippen LogP contribution is -2.19. The molecule has 0 fully saturated rings. The number of aryl methyl sites for hydroxylation is 3. The fourth-order valence-electron chi connectivity index (χ4n) is 1.67. The lowest BCUT2D eigenvalue weighted by molar-refractivity contribution is -0.385. The van der Waals surface area contributed by atoms with Crippen LogP contribution in [0, 0.1) is 17.0 Å². The second kappa shape index (κ2) is 3.16. The van der Waals surface area contributed by atoms with Gasteiger partial charge in [-0.25, -0.2) is 9.78 Å². The molecule has 0 N–H and O–H groups in total. The highest BCUT2D eigenvalue weighted by Gasteiger charge is 2.17. The first kappa shape index (κ1) is 10.3. The highest BCUT2D eigenvalue weighted by molar-refractivity contribution is 5.75. The minimum Gasteiger partial charge on any atom is -0.293 e. The number of rotatable bonds is 1. The van der Waals surface area contributed by atoms with Gasteiger partial charge in [-0.1, -0.05) is 0 Å². The van der Waals surface area contributed by atoms with E-state index in [0.717, 1.165) is 0 Å². The molecule has 0 saturated heterocycles. The molecule has 7 nitrogen and oxygen atoms in total. The third-order valence-electron chi connectivity index (χ3n) is 2.60. The molecule has 0 aliphatic carbocycles. The summed E-state index contributed by atoms with van der Waals surface area (Å²) in [4.78, 5) is 25.9. The van der Waals surface area contributed by atoms with Gasteiger partial charge in [0.05, 0.1) is 10.4 Å². The van der Waals surface area contributed by atoms with Gasteiger partial charge < -0.3 is 0 Å². The van der Waals surface area contributed by atoms with Gasteiger partial charge >= 0.3 is 5.69 Å². The highest BCUT2D eigenvalue weighted by atomic mass is 16.6. The van der Waals surface area contributed by atoms with Crippen molar-refractivity contribution < 1.29 is 4.92 Å². The Morgan fingerprint density at radius 2 is 2.00 bits per heavy atom. The second-order valence-corrected chi connectivity index (χ2v) is 3.59. The van der Waals surface area contributed by atoms with E-state index in [9.17, 15) is 14.9 Å². The van der Waals surface area contributed by atoms with Crippen LogP contribution >= 0.6 is 0 Å². The lowest BCUT2D eigenvalue weighted by Gasteiger charge is -1.98. The summed E-state index contributed by atoms with van der Waals surface area (Å²) in [7, 11) is 3.15. The monoisotopic (exact) mass is 222 g/mol. The van der Waals surface area contributed by atoms with Crippen LogP contribution in [-0.4, -0.2) is 19.0 Å². The second-order valence-electron chi connectivity index (χ2n) is 3.59. The van der Waals surface area contributed by atoms with Gasteiger partial charge in [0.2, 0.25) is 0 Å². The molecule has 0 radical (unpaired) electrons. The van der Waals surface area contributed by atoms with Crippen LogP contribution in [0.1, 0.15) is 5.69 Å². The molecule has 16 heavy (non-hydrogen) atoms. The smallest absolute Gasteiger partial charge is 0.293 e. The van der Waals surface area contributed by atoms with E-state index in [1.807, 2.05) is 0 Å². The SMILES string of the molecule is Cc1nc2c(cc1[N+](=O)[O-])n(C)c(=O)n2C. The van der Waals surface area contributed by atoms with Gasteiger partial charge in [0.1, 0.15) is 5.69 Å². The van der Waals surface area contributed by atoms with E-state index in [-0.39, 0.29) is 11.4 Å². The minimum absolute atomic E-state index is 0.0753. The van der Waals surface area contributed by atoms with Crippen molar-refractivity contribution in [3.05, 3.63) is 32.4 Å². The molecular weight excluding hydrogens is 212 g/mol. The molecule has 2 aromatic rings. The van der Waals surface area contributed by atoms with E-state index in [0.29, 0.717) is 16.9 Å². The first-order chi connectivity index (χ1) is 7.43. The van der Waals surface area contributed by atoms with Crippen molar-refractivity contribution in [2.24, 2.45) is 14.1 Å². The van der Waals surface area contributed by atoms with Crippen LogP contribution in [0.5, 0.6) is 0 Å². The maximum Gasteiger partial charge on any atom is 0.329 e. The van der Waals surface area contributed by atoms with Gasteiger partial charge in [0, 0.05) is 20.2 Å². The quantitative estimate of drug-likeness (QED) is 0.519. The van der Waals surface area contributed by atoms with Crippen molar-refractivity contribution in [2.75, 3.05) is 0 Å². The number of nitro groups is 1. The summed E-state index contributed by atoms with van der Waals surface area (Å²) in [6.07, 6.45) is 0. The maximum atomic E-state index is 11.6. The van der Waals surface area contributed by atoms with Crippen molar-refractivity contribution in [3.63, 3.8) is 0 Å². The molecule has 84 valence electrons. The highest BCUT2D eigenvalue weighted by Crippen LogP contribution is 2.20. The number of hydrogen-bond acceptors (Lipinski definition) is 4. The number of nitrogens with zero attached hydrogens (tertiary/aromatic N) is 4. The molecule has 0 atom stereocenters. The van der Waals surface area contributed by atoms with Crippen LogP contribution in [0.4, 0.5) is 5.69 Å². The summed E-state index contributed by atoms with van der Waals surface area (Å²) < 4.78 is 2.71. The Kier molecular flexibility index (Phi) is 2.04. The molecule has 0 aromatic carbocycles. The van der Waals surface area contributed by atoms with Gasteiger partial charge in [-0.2, -0.15) is 0 Å². The summed E-state index contributed by atoms with van der Waals surface area (Å²) in [6.45, 7) is 1.55. The predicted molar refractivity (Wildman–Crippen MR) is 57.3 cm³/mol. The fraction of sp³-hybridized carbons (Fsp3) is 0.333. The normalized spacial score (nSPS) is 10.9. The Hall–Kier alpha value is -2.18. The van der Waals surface area contributed by atoms with Crippen molar-refractivity contribution in [1.29, 1.82) is 0 Å². The number of imidazole rings is 1. The van der Waals surface area contributed by atoms with E-state index >= 15 is 0 Å². The van der Waals surface area contributed by atoms with Crippen LogP contribution in [-0.2, 0) is 14.1 Å². The van der Waals surface area contributed by atoms with Crippen molar-refractivity contribution in [2.45, 2.75) is 6.92 Å². The Balaban J connectivity index is 2.96. The fourth-order valence-corrected chi connectivity index (χ4v) is 1.67. The summed E-state index contributed by atoms with van der Waals surface area (Å²) in [6, 6.07) is 1.37. The van der Waals surface area contributed by atoms with Crippen molar-refractivity contribution in [3.8, 4) is 0 Å². The van der Waals surface area contributed by atoms with E-state index < -0.39 is 4.92 Å². The summed E-state index contributed by atoms with van der Waals surface area (Å²) >= 11 is 0. The Morgan fingerprint density at radius 3 is 2.56 bits per heavy atom. The third kappa shape index (κ3) is 1.21. The van der Waals surface area contributed by atoms with E-state index in [1.54, 1.807) is 21.0 Å². The van der Waals surface area contributed by atoms with Crippen molar-refractivity contribution >= 4 is 16.9 Å². The van der Waals surface area contributed by atoms with E-state index in [1.165, 1.54) is 15.2 Å². The Morgan fingerprint density at radius 1 is 1.38 bits per heavy atom. The standard InChI is InChI=1S/C9H10N4O3/c1-5-6(13(15)16)4-7-8(10-5)12(3)9(14)11(7)2/h4H,1-3H3. The van der Waals surface area contributed by atoms with Crippen LogP contribution < -0.4 is 5.69 Å². The molecule has 2 heterocycles. The first-order valence-corrected chi connectivity index (χ1v) is 4.61. The molecule has 2 rings (SSSR count). The van der Waals surface area contributed by atoms with Crippen LogP contribution in [0.15, 0.2) is 10.9 Å². The van der Waals surface area contributed by atoms with E-state index in [2.05, 4.69) is 4.98 Å². The predicted octanol–water partition coefficient (Wildman–Crippen LogP) is 0.489. The molecule has 0 saturated carbocycles. The summed E-state index contributed by atoms with van der Waals surface area (Å²) in [5.74, 6) is 0. The summed E-state index contributed by atoms with van der Waals surface area (Å²) in [5.41, 5.74) is 0.898. The number of aromatic nitrogens is 3. The molecule has 0 amide bonds. The molecule has 0 unspecified atom stereocenters. The van der Waals surface area contributed by atoms with Gasteiger partial charge in [-0.15, -0.1) is 0 Å². The summed E-state index contributed by atoms with van der Waals surface area (Å²) in [5, 5.41) is 10.7. The molecule has 2 aromatic heterocycles. The minimum atomic E-state index is -0.501. The van der Waals surface area contributed by atoms with E-state index in [4.69, 9.17) is 0 Å². The van der Waals surface area contributed by atoms with Gasteiger partial charge in [0.15, 0.2) is 5.65 Å². The molecule has 0 spiro atoms. The lowest BCUT2D eigenvalue weighted by atomic mass is 10.3. The zero-order valence-corrected chi connectivity index (χ0v) is 9.09. The maximum absolute atomic E-state index is 11.6. The first-order valence-electron chi connectivity index (χ1n) is 4.61. The zero-order chi connectivity index (χ0) is 12.0. The van der Waals surface area contributed by atoms with Crippen molar-refractivity contribution in [1.82, 2.24) is 14.1 Å². The average Bonchev–Trinajstić information content (AvgIpc) is 2.43. The molecular formula is C9H10N4O3. The number of pyridine rings is 1. The van der Waals surface area contributed by atoms with Crippen LogP contribution in [0.25, 0.3) is 11.2 Å². The van der Waals surface area contributed by atoms with Crippen LogP contribution in [0.3, 0.4) is 0 Å². The number of hydrogen-bond donors (Lipinski definition) is 0. The number of fused-ring (bicyclic) bond motifs is 1. The third-order valence-corrected chi connectivity index (χ3v) is 2.60. The largest absolute Gasteiger partial charge is 0.329 e. The molecule has 0 bridgehead atoms. The molecule has 0 aliphatic rings. The van der Waals surface area contributed by atoms with Crippen LogP contribution in [0.2, 0.25) is 0 Å². The van der Waals surface area contributed by atoms with Gasteiger partial charge in [-0.05, 0) is 6.92 Å². The Labute approximate surface area is 90.1 Å². The topological polar surface area (TPSA) is 83.0 Å². The molecule has 7 heteroatoms. The van der Waals surface area contributed by atoms with Gasteiger partial charge in [0.25, 0.3) is 5.69 Å².